The van der Waals surface area contributed by atoms with Crippen molar-refractivity contribution in [1.82, 2.24) is 11.1 Å². The van der Waals surface area contributed by atoms with Gasteiger partial charge in [-0.25, -0.2) is 0 Å². The molecule has 87 valence electrons. The van der Waals surface area contributed by atoms with Crippen molar-refractivity contribution >= 4 is 17.9 Å². The van der Waals surface area contributed by atoms with Gasteiger partial charge in [0, 0.05) is 19.6 Å². The minimum absolute atomic E-state index is 0. The van der Waals surface area contributed by atoms with Gasteiger partial charge in [0.05, 0.1) is 17.9 Å². The maximum absolute atomic E-state index is 9.99. The van der Waals surface area contributed by atoms with E-state index in [1.807, 2.05) is 0 Å². The number of aliphatic carboxylic acids is 3. The van der Waals surface area contributed by atoms with Crippen molar-refractivity contribution < 1.29 is 46.8 Å². The molecule has 0 unspecified atom stereocenters. The Kier molecular flexibility index (Phi) is 12.2. The third-order valence-electron chi connectivity index (χ3n) is 1.06. The molecule has 8 nitrogen and oxygen atoms in total. The van der Waals surface area contributed by atoms with Gasteiger partial charge in [-0.3, -0.25) is 4.90 Å². The molecule has 0 aliphatic heterocycles. The van der Waals surface area contributed by atoms with Crippen molar-refractivity contribution in [3.63, 3.8) is 0 Å². The topological polar surface area (TPSA) is 160 Å². The first kappa shape index (κ1) is 19.4. The summed E-state index contributed by atoms with van der Waals surface area (Å²) in [5.74, 6) is -4.70. The Labute approximate surface area is 95.9 Å². The molecule has 0 amide bonds. The van der Waals surface area contributed by atoms with Crippen molar-refractivity contribution in [3.05, 3.63) is 0 Å². The van der Waals surface area contributed by atoms with E-state index in [2.05, 4.69) is 0 Å². The predicted molar refractivity (Wildman–Crippen MR) is 37.4 cm³/mol. The van der Waals surface area contributed by atoms with Crippen LogP contribution >= 0.6 is 0 Å². The summed E-state index contributed by atoms with van der Waals surface area (Å²) in [6, 6.07) is 0. The van der Waals surface area contributed by atoms with E-state index in [0.717, 1.165) is 0 Å². The molecular weight excluding hydrogens is 252 g/mol. The molecular formula is C6H10FeN2O6+. The van der Waals surface area contributed by atoms with Crippen molar-refractivity contribution in [2.45, 2.75) is 0 Å². The number of nitrogens with zero attached hydrogens (tertiary/aromatic N) is 1. The summed E-state index contributed by atoms with van der Waals surface area (Å²) in [5.41, 5.74) is 0. The molecule has 0 aliphatic rings. The standard InChI is InChI=1S/C6H9NO6.Fe.H3N/c8-4(9)1-7(2-5(10)11)3-6(12)13;;/h1-3H2,(H,8,9)(H,10,11)(H,12,13);;1H3/q;+3;/p-2. The SMILES string of the molecule is O=C([O-])CN(CC(=O)[O-])CC(=O)[O-].[Fe+3].[NH4+]. The molecule has 4 N–H and O–H groups in total. The van der Waals surface area contributed by atoms with Crippen LogP contribution in [-0.4, -0.2) is 42.4 Å². The van der Waals surface area contributed by atoms with Gasteiger partial charge in [0.15, 0.2) is 0 Å². The summed E-state index contributed by atoms with van der Waals surface area (Å²) in [7, 11) is 0. The average molecular weight is 262 g/mol. The fourth-order valence-electron chi connectivity index (χ4n) is 0.715. The Morgan fingerprint density at radius 3 is 1.13 bits per heavy atom. The molecule has 1 radical (unpaired) electrons. The largest absolute Gasteiger partial charge is 3.00 e. The van der Waals surface area contributed by atoms with Gasteiger partial charge in [-0.2, -0.15) is 0 Å². The zero-order valence-corrected chi connectivity index (χ0v) is 8.98. The summed E-state index contributed by atoms with van der Waals surface area (Å²) in [6.07, 6.45) is 0. The molecule has 0 aliphatic carbocycles. The Morgan fingerprint density at radius 1 is 0.800 bits per heavy atom. The van der Waals surface area contributed by atoms with Gasteiger partial charge in [0.1, 0.15) is 0 Å². The van der Waals surface area contributed by atoms with E-state index in [1.165, 1.54) is 0 Å². The zero-order valence-electron chi connectivity index (χ0n) is 7.87. The van der Waals surface area contributed by atoms with E-state index in [0.29, 0.717) is 4.90 Å². The molecule has 0 heterocycles. The molecule has 0 atom stereocenters. The van der Waals surface area contributed by atoms with Crippen LogP contribution < -0.4 is 21.5 Å². The second-order valence-electron chi connectivity index (χ2n) is 2.26. The minimum Gasteiger partial charge on any atom is -0.549 e. The molecule has 0 spiro atoms. The minimum atomic E-state index is -1.57. The molecule has 0 saturated carbocycles. The fraction of sp³-hybridized carbons (Fsp3) is 0.500. The van der Waals surface area contributed by atoms with Gasteiger partial charge in [-0.05, 0) is 0 Å². The van der Waals surface area contributed by atoms with Gasteiger partial charge >= 0.3 is 17.1 Å². The number of rotatable bonds is 6. The Bertz CT molecular complexity index is 196. The van der Waals surface area contributed by atoms with E-state index < -0.39 is 37.5 Å². The summed E-state index contributed by atoms with van der Waals surface area (Å²) in [4.78, 5) is 30.6. The van der Waals surface area contributed by atoms with E-state index >= 15 is 0 Å². The summed E-state index contributed by atoms with van der Waals surface area (Å²) in [6.45, 7) is -2.37. The summed E-state index contributed by atoms with van der Waals surface area (Å²) in [5, 5.41) is 30.0. The van der Waals surface area contributed by atoms with Crippen LogP contribution in [0.15, 0.2) is 0 Å². The number of hydrogen-bond acceptors (Lipinski definition) is 7. The van der Waals surface area contributed by atoms with Gasteiger partial charge in [-0.15, -0.1) is 0 Å². The first-order valence-electron chi connectivity index (χ1n) is 3.23. The Hall–Kier alpha value is -1.15. The monoisotopic (exact) mass is 262 g/mol. The van der Waals surface area contributed by atoms with Crippen molar-refractivity contribution in [1.29, 1.82) is 0 Å². The van der Waals surface area contributed by atoms with Crippen LogP contribution in [0.25, 0.3) is 0 Å². The molecule has 0 aromatic carbocycles. The van der Waals surface area contributed by atoms with Crippen molar-refractivity contribution in [2.24, 2.45) is 0 Å². The molecule has 0 fully saturated rings. The molecule has 0 rings (SSSR count). The predicted octanol–water partition coefficient (Wildman–Crippen LogP) is -5.09. The second-order valence-corrected chi connectivity index (χ2v) is 2.26. The second kappa shape index (κ2) is 9.41. The first-order chi connectivity index (χ1) is 5.91. The van der Waals surface area contributed by atoms with Crippen LogP contribution in [0, 0.1) is 0 Å². The fourth-order valence-corrected chi connectivity index (χ4v) is 0.715. The van der Waals surface area contributed by atoms with Crippen LogP contribution in [0.3, 0.4) is 0 Å². The normalized spacial score (nSPS) is 8.60. The number of carbonyl (C=O) groups is 3. The van der Waals surface area contributed by atoms with Crippen LogP contribution in [0.2, 0.25) is 0 Å². The average Bonchev–Trinajstić information content (AvgIpc) is 1.80. The molecule has 15 heavy (non-hydrogen) atoms. The zero-order chi connectivity index (χ0) is 10.4. The van der Waals surface area contributed by atoms with E-state index in [1.54, 1.807) is 0 Å². The van der Waals surface area contributed by atoms with Gasteiger partial charge in [-0.1, -0.05) is 0 Å². The molecule has 9 heteroatoms. The Morgan fingerprint density at radius 2 is 1.00 bits per heavy atom. The number of carboxylic acid groups (broad SMARTS) is 3. The van der Waals surface area contributed by atoms with Crippen LogP contribution in [0.5, 0.6) is 0 Å². The number of quaternary nitrogens is 1. The first-order valence-corrected chi connectivity index (χ1v) is 3.23. The van der Waals surface area contributed by atoms with Gasteiger partial charge in [0.25, 0.3) is 0 Å². The van der Waals surface area contributed by atoms with Crippen molar-refractivity contribution in [2.75, 3.05) is 19.6 Å². The molecule has 0 saturated heterocycles. The molecule has 0 aromatic rings. The van der Waals surface area contributed by atoms with E-state index in [4.69, 9.17) is 0 Å². The van der Waals surface area contributed by atoms with Crippen LogP contribution in [-0.2, 0) is 31.5 Å². The molecule has 0 aromatic heterocycles. The quantitative estimate of drug-likeness (QED) is 0.468. The summed E-state index contributed by atoms with van der Waals surface area (Å²) >= 11 is 0. The molecule has 0 bridgehead atoms. The van der Waals surface area contributed by atoms with E-state index in [9.17, 15) is 29.7 Å². The number of hydrogen-bond donors (Lipinski definition) is 1. The Balaban J connectivity index is -0.000000720. The summed E-state index contributed by atoms with van der Waals surface area (Å²) < 4.78 is 0. The number of carboxylic acids is 3. The third kappa shape index (κ3) is 12.8. The maximum atomic E-state index is 9.99. The van der Waals surface area contributed by atoms with Gasteiger partial charge < -0.3 is 35.9 Å². The van der Waals surface area contributed by atoms with Crippen molar-refractivity contribution in [3.8, 4) is 0 Å². The van der Waals surface area contributed by atoms with Crippen LogP contribution in [0.1, 0.15) is 0 Å². The maximum Gasteiger partial charge on any atom is 3.00 e. The number of carbonyl (C=O) groups excluding carboxylic acids is 3. The van der Waals surface area contributed by atoms with Gasteiger partial charge in [0.2, 0.25) is 0 Å². The third-order valence-corrected chi connectivity index (χ3v) is 1.06. The van der Waals surface area contributed by atoms with E-state index in [-0.39, 0.29) is 23.2 Å². The smallest absolute Gasteiger partial charge is 0.549 e. The van der Waals surface area contributed by atoms with Crippen LogP contribution in [0.4, 0.5) is 0 Å².